The fourth-order valence-corrected chi connectivity index (χ4v) is 2.10. The Morgan fingerprint density at radius 3 is 2.00 bits per heavy atom. The fraction of sp³-hybridized carbons (Fsp3) is 1.00. The predicted octanol–water partition coefficient (Wildman–Crippen LogP) is 1.78. The second kappa shape index (κ2) is 3.25. The van der Waals surface area contributed by atoms with Crippen molar-refractivity contribution in [3.8, 4) is 0 Å². The van der Waals surface area contributed by atoms with Crippen molar-refractivity contribution < 1.29 is 5.11 Å². The summed E-state index contributed by atoms with van der Waals surface area (Å²) in [4.78, 5) is 0. The van der Waals surface area contributed by atoms with Crippen LogP contribution in [0.4, 0.5) is 0 Å². The zero-order chi connectivity index (χ0) is 10.3. The third-order valence-electron chi connectivity index (χ3n) is 4.05. The molecule has 1 aliphatic rings. The Labute approximate surface area is 81.7 Å². The lowest BCUT2D eigenvalue weighted by atomic mass is 10.0. The first-order chi connectivity index (χ1) is 5.84. The normalized spacial score (nSPS) is 27.2. The van der Waals surface area contributed by atoms with Crippen molar-refractivity contribution in [2.75, 3.05) is 6.54 Å². The Bertz CT molecular complexity index is 173. The van der Waals surface area contributed by atoms with E-state index in [1.165, 1.54) is 0 Å². The minimum atomic E-state index is -0.188. The highest BCUT2D eigenvalue weighted by Crippen LogP contribution is 2.62. The average Bonchev–Trinajstić information content (AvgIpc) is 2.40. The van der Waals surface area contributed by atoms with Crippen LogP contribution in [0.5, 0.6) is 0 Å². The van der Waals surface area contributed by atoms with E-state index in [2.05, 4.69) is 33.0 Å². The highest BCUT2D eigenvalue weighted by atomic mass is 16.3. The van der Waals surface area contributed by atoms with Gasteiger partial charge in [-0.15, -0.1) is 0 Å². The van der Waals surface area contributed by atoms with E-state index in [0.717, 1.165) is 13.0 Å². The third-order valence-corrected chi connectivity index (χ3v) is 4.05. The van der Waals surface area contributed by atoms with E-state index in [4.69, 9.17) is 0 Å². The standard InChI is InChI=1S/C11H23NO/c1-6-8(13)7-12-9-10(2,3)11(9,4)5/h8-9,12-13H,6-7H2,1-5H3. The molecule has 1 saturated carbocycles. The highest BCUT2D eigenvalue weighted by Gasteiger charge is 2.64. The monoisotopic (exact) mass is 185 g/mol. The van der Waals surface area contributed by atoms with E-state index >= 15 is 0 Å². The molecule has 1 rings (SSSR count). The quantitative estimate of drug-likeness (QED) is 0.700. The minimum Gasteiger partial charge on any atom is -0.392 e. The zero-order valence-electron chi connectivity index (χ0n) is 9.52. The Morgan fingerprint density at radius 1 is 1.23 bits per heavy atom. The van der Waals surface area contributed by atoms with E-state index in [-0.39, 0.29) is 6.10 Å². The molecule has 13 heavy (non-hydrogen) atoms. The van der Waals surface area contributed by atoms with Crippen molar-refractivity contribution in [3.05, 3.63) is 0 Å². The molecule has 1 aliphatic carbocycles. The molecule has 0 radical (unpaired) electrons. The van der Waals surface area contributed by atoms with Gasteiger partial charge in [0.25, 0.3) is 0 Å². The first kappa shape index (κ1) is 11.0. The van der Waals surface area contributed by atoms with Gasteiger partial charge in [-0.05, 0) is 17.3 Å². The van der Waals surface area contributed by atoms with Gasteiger partial charge in [-0.25, -0.2) is 0 Å². The summed E-state index contributed by atoms with van der Waals surface area (Å²) in [5.74, 6) is 0. The van der Waals surface area contributed by atoms with Crippen LogP contribution in [-0.4, -0.2) is 23.8 Å². The van der Waals surface area contributed by atoms with Crippen LogP contribution in [-0.2, 0) is 0 Å². The van der Waals surface area contributed by atoms with Gasteiger partial charge in [0, 0.05) is 12.6 Å². The van der Waals surface area contributed by atoms with Crippen molar-refractivity contribution in [1.29, 1.82) is 0 Å². The molecule has 0 amide bonds. The minimum absolute atomic E-state index is 0.188. The summed E-state index contributed by atoms with van der Waals surface area (Å²) < 4.78 is 0. The maximum atomic E-state index is 9.41. The van der Waals surface area contributed by atoms with Crippen LogP contribution in [0.2, 0.25) is 0 Å². The number of aliphatic hydroxyl groups excluding tert-OH is 1. The highest BCUT2D eigenvalue weighted by molar-refractivity contribution is 5.17. The van der Waals surface area contributed by atoms with Crippen LogP contribution >= 0.6 is 0 Å². The van der Waals surface area contributed by atoms with Crippen LogP contribution < -0.4 is 5.32 Å². The maximum absolute atomic E-state index is 9.41. The van der Waals surface area contributed by atoms with Crippen LogP contribution in [0.15, 0.2) is 0 Å². The average molecular weight is 185 g/mol. The molecule has 1 fully saturated rings. The number of nitrogens with one attached hydrogen (secondary N) is 1. The summed E-state index contributed by atoms with van der Waals surface area (Å²) in [5.41, 5.74) is 0.751. The van der Waals surface area contributed by atoms with Crippen LogP contribution in [0.3, 0.4) is 0 Å². The Hall–Kier alpha value is -0.0800. The number of rotatable bonds is 4. The van der Waals surface area contributed by atoms with Crippen molar-refractivity contribution in [3.63, 3.8) is 0 Å². The van der Waals surface area contributed by atoms with Gasteiger partial charge in [0.1, 0.15) is 0 Å². The number of hydrogen-bond donors (Lipinski definition) is 2. The molecule has 0 spiro atoms. The lowest BCUT2D eigenvalue weighted by Crippen LogP contribution is -2.31. The van der Waals surface area contributed by atoms with E-state index in [0.29, 0.717) is 16.9 Å². The van der Waals surface area contributed by atoms with Gasteiger partial charge in [-0.3, -0.25) is 0 Å². The van der Waals surface area contributed by atoms with Crippen molar-refractivity contribution in [1.82, 2.24) is 5.32 Å². The van der Waals surface area contributed by atoms with Crippen molar-refractivity contribution in [2.45, 2.75) is 53.2 Å². The summed E-state index contributed by atoms with van der Waals surface area (Å²) in [7, 11) is 0. The van der Waals surface area contributed by atoms with Gasteiger partial charge >= 0.3 is 0 Å². The molecular weight excluding hydrogens is 162 g/mol. The molecule has 0 saturated heterocycles. The largest absolute Gasteiger partial charge is 0.392 e. The molecule has 0 aromatic carbocycles. The topological polar surface area (TPSA) is 32.3 Å². The Kier molecular flexibility index (Phi) is 2.75. The first-order valence-electron chi connectivity index (χ1n) is 5.25. The molecule has 1 unspecified atom stereocenters. The molecule has 2 N–H and O–H groups in total. The Morgan fingerprint density at radius 2 is 1.69 bits per heavy atom. The lowest BCUT2D eigenvalue weighted by Gasteiger charge is -2.10. The molecule has 2 heteroatoms. The van der Waals surface area contributed by atoms with Gasteiger partial charge in [0.2, 0.25) is 0 Å². The lowest BCUT2D eigenvalue weighted by molar-refractivity contribution is 0.165. The van der Waals surface area contributed by atoms with E-state index in [1.54, 1.807) is 0 Å². The molecule has 0 aromatic rings. The molecule has 0 aliphatic heterocycles. The Balaban J connectivity index is 2.34. The van der Waals surface area contributed by atoms with Crippen molar-refractivity contribution >= 4 is 0 Å². The van der Waals surface area contributed by atoms with Gasteiger partial charge in [0.05, 0.1) is 6.10 Å². The molecule has 2 nitrogen and oxygen atoms in total. The summed E-state index contributed by atoms with van der Waals surface area (Å²) in [6.07, 6.45) is 0.646. The zero-order valence-corrected chi connectivity index (χ0v) is 9.52. The molecule has 0 heterocycles. The molecule has 78 valence electrons. The van der Waals surface area contributed by atoms with E-state index < -0.39 is 0 Å². The third kappa shape index (κ3) is 1.75. The van der Waals surface area contributed by atoms with Crippen LogP contribution in [0.1, 0.15) is 41.0 Å². The van der Waals surface area contributed by atoms with E-state index in [1.807, 2.05) is 6.92 Å². The maximum Gasteiger partial charge on any atom is 0.0662 e. The fourth-order valence-electron chi connectivity index (χ4n) is 2.10. The van der Waals surface area contributed by atoms with Crippen LogP contribution in [0, 0.1) is 10.8 Å². The van der Waals surface area contributed by atoms with Crippen LogP contribution in [0.25, 0.3) is 0 Å². The SMILES string of the molecule is CCC(O)CNC1C(C)(C)C1(C)C. The molecule has 0 aromatic heterocycles. The molecule has 0 bridgehead atoms. The smallest absolute Gasteiger partial charge is 0.0662 e. The second-order valence-corrected chi connectivity index (χ2v) is 5.35. The van der Waals surface area contributed by atoms with Gasteiger partial charge in [-0.2, -0.15) is 0 Å². The van der Waals surface area contributed by atoms with Gasteiger partial charge < -0.3 is 10.4 Å². The van der Waals surface area contributed by atoms with E-state index in [9.17, 15) is 5.11 Å². The summed E-state index contributed by atoms with van der Waals surface area (Å²) >= 11 is 0. The van der Waals surface area contributed by atoms with Gasteiger partial charge in [0.15, 0.2) is 0 Å². The second-order valence-electron chi connectivity index (χ2n) is 5.35. The molecular formula is C11H23NO. The first-order valence-corrected chi connectivity index (χ1v) is 5.25. The predicted molar refractivity (Wildman–Crippen MR) is 55.7 cm³/mol. The van der Waals surface area contributed by atoms with Gasteiger partial charge in [-0.1, -0.05) is 34.6 Å². The number of aliphatic hydroxyl groups is 1. The molecule has 1 atom stereocenters. The van der Waals surface area contributed by atoms with Crippen molar-refractivity contribution in [2.24, 2.45) is 10.8 Å². The summed E-state index contributed by atoms with van der Waals surface area (Å²) in [6.45, 7) is 11.9. The summed E-state index contributed by atoms with van der Waals surface area (Å²) in [5, 5.41) is 12.9. The summed E-state index contributed by atoms with van der Waals surface area (Å²) in [6, 6.07) is 0.557. The number of hydrogen-bond acceptors (Lipinski definition) is 2.